The van der Waals surface area contributed by atoms with Gasteiger partial charge in [-0.15, -0.1) is 0 Å². The average Bonchev–Trinajstić information content (AvgIpc) is 2.36. The predicted molar refractivity (Wildman–Crippen MR) is 74.9 cm³/mol. The summed E-state index contributed by atoms with van der Waals surface area (Å²) < 4.78 is 14.2. The van der Waals surface area contributed by atoms with Crippen LogP contribution in [0.15, 0.2) is 0 Å². The Morgan fingerprint density at radius 1 is 0.950 bits per heavy atom. The minimum atomic E-state index is -4.64. The summed E-state index contributed by atoms with van der Waals surface area (Å²) in [5.41, 5.74) is 0. The molecule has 0 atom stereocenters. The first-order chi connectivity index (χ1) is 9.37. The van der Waals surface area contributed by atoms with Crippen molar-refractivity contribution in [1.29, 1.82) is 0 Å². The number of aliphatic hydroxyl groups is 2. The van der Waals surface area contributed by atoms with Crippen LogP contribution in [0.5, 0.6) is 0 Å². The molecular weight excluding hydrogens is 287 g/mol. The van der Waals surface area contributed by atoms with Crippen LogP contribution in [0.25, 0.3) is 0 Å². The summed E-state index contributed by atoms with van der Waals surface area (Å²) in [6.45, 7) is 1.90. The van der Waals surface area contributed by atoms with Crippen LogP contribution in [0.4, 0.5) is 0 Å². The maximum Gasteiger partial charge on any atom is 0.526 e. The van der Waals surface area contributed by atoms with Crippen molar-refractivity contribution in [2.75, 3.05) is 13.2 Å². The van der Waals surface area contributed by atoms with Gasteiger partial charge in [0.1, 0.15) is 0 Å². The maximum atomic E-state index is 10.9. The normalized spacial score (nSPS) is 10.7. The highest BCUT2D eigenvalue weighted by molar-refractivity contribution is 7.46. The molecule has 0 spiro atoms. The monoisotopic (exact) mass is 314 g/mol. The van der Waals surface area contributed by atoms with Crippen LogP contribution in [-0.2, 0) is 13.9 Å². The molecule has 0 saturated carbocycles. The fraction of sp³-hybridized carbons (Fsp3) is 0.917. The third-order valence-corrected chi connectivity index (χ3v) is 2.75. The molecule has 8 heteroatoms. The molecule has 0 aromatic rings. The highest BCUT2D eigenvalue weighted by atomic mass is 31.2. The van der Waals surface area contributed by atoms with Gasteiger partial charge in [-0.1, -0.05) is 45.4 Å². The van der Waals surface area contributed by atoms with Crippen molar-refractivity contribution in [2.45, 2.75) is 58.3 Å². The average molecular weight is 314 g/mol. The van der Waals surface area contributed by atoms with E-state index in [0.29, 0.717) is 6.42 Å². The molecule has 7 nitrogen and oxygen atoms in total. The van der Waals surface area contributed by atoms with Crippen LogP contribution >= 0.6 is 7.82 Å². The second kappa shape index (κ2) is 14.9. The Balaban J connectivity index is 0. The lowest BCUT2D eigenvalue weighted by Gasteiger charge is -2.04. The number of rotatable bonds is 10. The lowest BCUT2D eigenvalue weighted by Crippen LogP contribution is -2.01. The van der Waals surface area contributed by atoms with Crippen molar-refractivity contribution in [1.82, 2.24) is 0 Å². The van der Waals surface area contributed by atoms with E-state index in [4.69, 9.17) is 20.0 Å². The third kappa shape index (κ3) is 22.7. The van der Waals surface area contributed by atoms with Crippen LogP contribution in [0.3, 0.4) is 0 Å². The second-order valence-corrected chi connectivity index (χ2v) is 5.44. The Kier molecular flexibility index (Phi) is 16.3. The Morgan fingerprint density at radius 2 is 1.40 bits per heavy atom. The van der Waals surface area contributed by atoms with Gasteiger partial charge in [-0.25, -0.2) is 4.57 Å². The fourth-order valence-corrected chi connectivity index (χ4v) is 1.76. The molecule has 0 aliphatic carbocycles. The molecule has 0 aromatic carbocycles. The molecule has 0 aromatic heterocycles. The lowest BCUT2D eigenvalue weighted by atomic mass is 10.1. The predicted octanol–water partition coefficient (Wildman–Crippen LogP) is 1.73. The van der Waals surface area contributed by atoms with Gasteiger partial charge < -0.3 is 14.7 Å². The molecule has 0 rings (SSSR count). The molecule has 0 aliphatic heterocycles. The van der Waals surface area contributed by atoms with E-state index in [0.717, 1.165) is 19.3 Å². The van der Waals surface area contributed by atoms with Crippen LogP contribution in [0.1, 0.15) is 58.3 Å². The van der Waals surface area contributed by atoms with Gasteiger partial charge in [0.25, 0.3) is 0 Å². The van der Waals surface area contributed by atoms with Crippen molar-refractivity contribution >= 4 is 13.8 Å². The third-order valence-electron chi connectivity index (χ3n) is 2.31. The standard InChI is InChI=1S/C10H21O5P.C2H6O2/c1-2-3-4-5-6-7-8-9-10(11)15-16(12,13)14;3-1-2-4/h2-9H2,1H3,(H2,12,13,14);3-4H,1-2H2. The molecule has 0 aliphatic rings. The molecular formula is C12H27O7P. The van der Waals surface area contributed by atoms with Gasteiger partial charge in [-0.3, -0.25) is 14.6 Å². The summed E-state index contributed by atoms with van der Waals surface area (Å²) in [4.78, 5) is 27.6. The molecule has 0 unspecified atom stereocenters. The molecule has 4 N–H and O–H groups in total. The number of hydrogen-bond acceptors (Lipinski definition) is 5. The summed E-state index contributed by atoms with van der Waals surface area (Å²) in [5, 5.41) is 15.2. The minimum absolute atomic E-state index is 0.0822. The fourth-order valence-electron chi connectivity index (χ4n) is 1.40. The first kappa shape index (κ1) is 21.8. The largest absolute Gasteiger partial charge is 0.526 e. The van der Waals surface area contributed by atoms with E-state index in [-0.39, 0.29) is 19.6 Å². The first-order valence-electron chi connectivity index (χ1n) is 6.87. The zero-order chi connectivity index (χ0) is 15.9. The van der Waals surface area contributed by atoms with Gasteiger partial charge in [-0.05, 0) is 6.42 Å². The number of hydrogen-bond donors (Lipinski definition) is 4. The van der Waals surface area contributed by atoms with E-state index in [1.807, 2.05) is 0 Å². The van der Waals surface area contributed by atoms with Gasteiger partial charge in [0, 0.05) is 6.42 Å². The Labute approximate surface area is 120 Å². The van der Waals surface area contributed by atoms with E-state index in [2.05, 4.69) is 11.4 Å². The van der Waals surface area contributed by atoms with Gasteiger partial charge in [0.05, 0.1) is 13.2 Å². The van der Waals surface area contributed by atoms with E-state index in [1.165, 1.54) is 19.3 Å². The van der Waals surface area contributed by atoms with Crippen LogP contribution < -0.4 is 0 Å². The number of unbranched alkanes of at least 4 members (excludes halogenated alkanes) is 6. The highest BCUT2D eigenvalue weighted by Crippen LogP contribution is 2.36. The molecule has 0 bridgehead atoms. The number of carbonyl (C=O) groups excluding carboxylic acids is 1. The summed E-state index contributed by atoms with van der Waals surface area (Å²) in [6, 6.07) is 0. The molecule has 20 heavy (non-hydrogen) atoms. The van der Waals surface area contributed by atoms with Crippen molar-refractivity contribution in [2.24, 2.45) is 0 Å². The van der Waals surface area contributed by atoms with Crippen LogP contribution in [0, 0.1) is 0 Å². The van der Waals surface area contributed by atoms with Gasteiger partial charge >= 0.3 is 13.8 Å². The number of phosphoric acid groups is 1. The maximum absolute atomic E-state index is 10.9. The number of phosphoric ester groups is 1. The van der Waals surface area contributed by atoms with Crippen molar-refractivity contribution in [3.8, 4) is 0 Å². The Morgan fingerprint density at radius 3 is 1.80 bits per heavy atom. The van der Waals surface area contributed by atoms with Gasteiger partial charge in [0.15, 0.2) is 0 Å². The molecule has 0 saturated heterocycles. The quantitative estimate of drug-likeness (QED) is 0.357. The van der Waals surface area contributed by atoms with Crippen molar-refractivity contribution < 1.29 is 33.9 Å². The second-order valence-electron chi connectivity index (χ2n) is 4.27. The Hall–Kier alpha value is -0.460. The molecule has 0 heterocycles. The van der Waals surface area contributed by atoms with E-state index >= 15 is 0 Å². The molecule has 0 fully saturated rings. The summed E-state index contributed by atoms with van der Waals surface area (Å²) in [5.74, 6) is -0.818. The van der Waals surface area contributed by atoms with E-state index < -0.39 is 13.8 Å². The van der Waals surface area contributed by atoms with Crippen molar-refractivity contribution in [3.63, 3.8) is 0 Å². The zero-order valence-corrected chi connectivity index (χ0v) is 12.9. The van der Waals surface area contributed by atoms with E-state index in [1.54, 1.807) is 0 Å². The SMILES string of the molecule is CCCCCCCCCC(=O)OP(=O)(O)O.OCCO. The first-order valence-corrected chi connectivity index (χ1v) is 8.40. The van der Waals surface area contributed by atoms with Crippen molar-refractivity contribution in [3.05, 3.63) is 0 Å². The molecule has 122 valence electrons. The topological polar surface area (TPSA) is 124 Å². The summed E-state index contributed by atoms with van der Waals surface area (Å²) in [7, 11) is -4.64. The Bertz CT molecular complexity index is 263. The van der Waals surface area contributed by atoms with Crippen LogP contribution in [-0.4, -0.2) is 39.2 Å². The zero-order valence-electron chi connectivity index (χ0n) is 12.0. The van der Waals surface area contributed by atoms with E-state index in [9.17, 15) is 9.36 Å². The van der Waals surface area contributed by atoms with Gasteiger partial charge in [0.2, 0.25) is 0 Å². The number of carbonyl (C=O) groups is 1. The lowest BCUT2D eigenvalue weighted by molar-refractivity contribution is -0.135. The van der Waals surface area contributed by atoms with Crippen LogP contribution in [0.2, 0.25) is 0 Å². The van der Waals surface area contributed by atoms with Gasteiger partial charge in [-0.2, -0.15) is 0 Å². The highest BCUT2D eigenvalue weighted by Gasteiger charge is 2.19. The smallest absolute Gasteiger partial charge is 0.394 e. The molecule has 0 radical (unpaired) electrons. The molecule has 0 amide bonds. The summed E-state index contributed by atoms with van der Waals surface area (Å²) in [6.07, 6.45) is 7.48. The minimum Gasteiger partial charge on any atom is -0.394 e. The summed E-state index contributed by atoms with van der Waals surface area (Å²) >= 11 is 0. The number of aliphatic hydroxyl groups excluding tert-OH is 2.